The van der Waals surface area contributed by atoms with Crippen molar-refractivity contribution in [3.63, 3.8) is 0 Å². The summed E-state index contributed by atoms with van der Waals surface area (Å²) >= 11 is 0. The molecule has 3 saturated heterocycles. The van der Waals surface area contributed by atoms with Crippen LogP contribution in [0.2, 0.25) is 0 Å². The molecule has 0 bridgehead atoms. The summed E-state index contributed by atoms with van der Waals surface area (Å²) in [4.78, 5) is 49.1. The second-order valence-corrected chi connectivity index (χ2v) is 18.5. The van der Waals surface area contributed by atoms with Crippen LogP contribution in [0, 0.1) is 6.92 Å². The first kappa shape index (κ1) is 48.7. The predicted molar refractivity (Wildman–Crippen MR) is 261 cm³/mol. The number of amides is 2. The van der Waals surface area contributed by atoms with Crippen molar-refractivity contribution in [3.05, 3.63) is 97.0 Å². The quantitative estimate of drug-likeness (QED) is 0.0708. The Morgan fingerprint density at radius 1 is 0.682 bits per heavy atom. The summed E-state index contributed by atoms with van der Waals surface area (Å²) in [6.07, 6.45) is 5.85. The van der Waals surface area contributed by atoms with Gasteiger partial charge in [0.05, 0.1) is 0 Å². The molecule has 66 heavy (non-hydrogen) atoms. The lowest BCUT2D eigenvalue weighted by Gasteiger charge is -2.24. The van der Waals surface area contributed by atoms with Crippen molar-refractivity contribution in [3.8, 4) is 11.5 Å². The van der Waals surface area contributed by atoms with Crippen molar-refractivity contribution in [1.82, 2.24) is 40.0 Å². The van der Waals surface area contributed by atoms with E-state index in [4.69, 9.17) is 20.9 Å². The molecule has 5 aromatic rings. The maximum atomic E-state index is 12.0. The number of nitrogen functional groups attached to an aromatic ring is 1. The number of rotatable bonds is 9. The third-order valence-electron chi connectivity index (χ3n) is 10.3. The molecule has 9 N–H and O–H groups in total. The van der Waals surface area contributed by atoms with Gasteiger partial charge in [-0.05, 0) is 147 Å². The molecule has 3 aliphatic heterocycles. The second-order valence-electron chi connectivity index (χ2n) is 18.5. The minimum absolute atomic E-state index is 0.118. The third-order valence-corrected chi connectivity index (χ3v) is 10.3. The second kappa shape index (κ2) is 22.4. The van der Waals surface area contributed by atoms with Gasteiger partial charge in [-0.15, -0.1) is 0 Å². The predicted octanol–water partition coefficient (Wildman–Crippen LogP) is 7.54. The Kier molecular flexibility index (Phi) is 16.5. The summed E-state index contributed by atoms with van der Waals surface area (Å²) in [6, 6.07) is 26.0. The van der Waals surface area contributed by atoms with Crippen LogP contribution in [0.25, 0.3) is 11.5 Å². The number of aromatic nitrogens is 5. The molecule has 0 unspecified atom stereocenters. The summed E-state index contributed by atoms with van der Waals surface area (Å²) in [7, 11) is 0. The van der Waals surface area contributed by atoms with Crippen LogP contribution in [-0.2, 0) is 9.47 Å². The molecule has 2 aromatic carbocycles. The van der Waals surface area contributed by atoms with Gasteiger partial charge in [-0.2, -0.15) is 4.98 Å². The summed E-state index contributed by atoms with van der Waals surface area (Å²) in [5.41, 5.74) is 15.9. The van der Waals surface area contributed by atoms with Crippen LogP contribution in [0.3, 0.4) is 0 Å². The first-order chi connectivity index (χ1) is 31.4. The Bertz CT molecular complexity index is 2330. The highest BCUT2D eigenvalue weighted by Gasteiger charge is 2.30. The number of aryl methyl sites for hydroxylation is 1. The molecule has 3 fully saturated rings. The Balaban J connectivity index is 0.000000185. The van der Waals surface area contributed by atoms with Crippen LogP contribution >= 0.6 is 0 Å². The van der Waals surface area contributed by atoms with Crippen LogP contribution < -0.4 is 38.1 Å². The van der Waals surface area contributed by atoms with Crippen molar-refractivity contribution in [2.45, 2.75) is 97.1 Å². The fourth-order valence-electron chi connectivity index (χ4n) is 7.10. The van der Waals surface area contributed by atoms with Crippen LogP contribution in [0.1, 0.15) is 66.5 Å². The number of pyridine rings is 1. The fraction of sp³-hybridized carbons (Fsp3) is 0.438. The van der Waals surface area contributed by atoms with E-state index in [-0.39, 0.29) is 24.3 Å². The minimum Gasteiger partial charge on any atom is -0.444 e. The lowest BCUT2D eigenvalue weighted by molar-refractivity contribution is 0.0282. The third kappa shape index (κ3) is 16.0. The van der Waals surface area contributed by atoms with Gasteiger partial charge in [0.2, 0.25) is 5.95 Å². The first-order valence-corrected chi connectivity index (χ1v) is 22.5. The SMILES string of the molecule is CC(C)(C)OC(=O)N1CC[C@@H](N)C1.CC(C)(C)OC(=O)N1CC[C@@H](Nc2ccc(N)cc2)C1.Cc1cccc(-c2nccc(Nc3ccnc(Nc4ccc(N[C@@H]5CCNC5)cc4)n3)n2)n1. The van der Waals surface area contributed by atoms with Gasteiger partial charge < -0.3 is 57.3 Å². The average molecular weight is 903 g/mol. The molecule has 0 spiro atoms. The van der Waals surface area contributed by atoms with Gasteiger partial charge in [0.1, 0.15) is 28.5 Å². The molecule has 6 heterocycles. The Morgan fingerprint density at radius 3 is 1.88 bits per heavy atom. The molecular formula is C48H66N14O4. The molecule has 3 aromatic heterocycles. The largest absolute Gasteiger partial charge is 0.444 e. The summed E-state index contributed by atoms with van der Waals surface area (Å²) in [6.45, 7) is 18.0. The van der Waals surface area contributed by atoms with E-state index >= 15 is 0 Å². The lowest BCUT2D eigenvalue weighted by Crippen LogP contribution is -2.36. The summed E-state index contributed by atoms with van der Waals surface area (Å²) < 4.78 is 10.6. The topological polar surface area (TPSA) is 236 Å². The summed E-state index contributed by atoms with van der Waals surface area (Å²) in [5, 5.41) is 16.8. The van der Waals surface area contributed by atoms with E-state index in [9.17, 15) is 9.59 Å². The minimum atomic E-state index is -0.445. The molecule has 18 nitrogen and oxygen atoms in total. The smallest absolute Gasteiger partial charge is 0.410 e. The normalized spacial score (nSPS) is 18.0. The van der Waals surface area contributed by atoms with Crippen molar-refractivity contribution in [1.29, 1.82) is 0 Å². The number of hydrogen-bond donors (Lipinski definition) is 7. The van der Waals surface area contributed by atoms with E-state index in [1.807, 2.05) is 103 Å². The van der Waals surface area contributed by atoms with Crippen LogP contribution in [0.4, 0.5) is 49.9 Å². The fourth-order valence-corrected chi connectivity index (χ4v) is 7.10. The van der Waals surface area contributed by atoms with Crippen LogP contribution in [-0.4, -0.2) is 116 Å². The molecule has 3 atom stereocenters. The molecule has 3 aliphatic rings. The van der Waals surface area contributed by atoms with Gasteiger partial charge in [0.15, 0.2) is 5.82 Å². The standard InChI is InChI=1S/C24H25N9.C15H23N3O2.C9H18N2O2/c1-16-3-2-4-20(28-16)23-26-13-10-21(32-23)31-22-11-14-27-24(33-22)30-18-7-5-17(6-8-18)29-19-9-12-25-15-19;1-15(2,3)20-14(19)18-9-8-13(10-18)17-12-6-4-11(16)5-7-12;1-9(2,3)13-8(12)11-5-4-7(10)6-11/h2-8,10-11,13-14,19,25,29H,9,12,15H2,1H3,(H2,26,27,30,31,32,33);4-7,13,17H,8-10,16H2,1-3H3;7H,4-6,10H2,1-3H3/t19-;13-;7-/m111/s1. The van der Waals surface area contributed by atoms with E-state index in [0.29, 0.717) is 42.5 Å². The number of carbonyl (C=O) groups is 2. The number of nitrogens with two attached hydrogens (primary N) is 2. The zero-order valence-corrected chi connectivity index (χ0v) is 39.2. The van der Waals surface area contributed by atoms with E-state index < -0.39 is 11.2 Å². The Morgan fingerprint density at radius 2 is 1.27 bits per heavy atom. The number of benzene rings is 2. The summed E-state index contributed by atoms with van der Waals surface area (Å²) in [5.74, 6) is 2.31. The maximum absolute atomic E-state index is 12.0. The highest BCUT2D eigenvalue weighted by atomic mass is 16.6. The molecule has 2 amide bonds. The van der Waals surface area contributed by atoms with Gasteiger partial charge in [-0.25, -0.2) is 29.5 Å². The highest BCUT2D eigenvalue weighted by Crippen LogP contribution is 2.23. The molecular weight excluding hydrogens is 837 g/mol. The first-order valence-electron chi connectivity index (χ1n) is 22.5. The van der Waals surface area contributed by atoms with E-state index in [0.717, 1.165) is 79.6 Å². The number of likely N-dealkylation sites (tertiary alicyclic amines) is 2. The Hall–Kier alpha value is -6.79. The van der Waals surface area contributed by atoms with E-state index in [1.54, 1.807) is 34.3 Å². The van der Waals surface area contributed by atoms with Crippen molar-refractivity contribution >= 4 is 52.5 Å². The van der Waals surface area contributed by atoms with E-state index in [2.05, 4.69) is 63.6 Å². The molecule has 0 radical (unpaired) electrons. The number of anilines is 7. The molecule has 8 rings (SSSR count). The van der Waals surface area contributed by atoms with E-state index in [1.165, 1.54) is 0 Å². The lowest BCUT2D eigenvalue weighted by atomic mass is 10.2. The monoisotopic (exact) mass is 903 g/mol. The maximum Gasteiger partial charge on any atom is 0.410 e. The van der Waals surface area contributed by atoms with Gasteiger partial charge in [-0.3, -0.25) is 0 Å². The molecule has 0 saturated carbocycles. The molecule has 352 valence electrons. The zero-order valence-electron chi connectivity index (χ0n) is 39.2. The molecule has 18 heteroatoms. The van der Waals surface area contributed by atoms with Gasteiger partial charge in [0.25, 0.3) is 0 Å². The number of nitrogens with zero attached hydrogens (tertiary/aromatic N) is 7. The number of ether oxygens (including phenoxy) is 2. The van der Waals surface area contributed by atoms with Crippen LogP contribution in [0.5, 0.6) is 0 Å². The van der Waals surface area contributed by atoms with Crippen molar-refractivity contribution < 1.29 is 19.1 Å². The van der Waals surface area contributed by atoms with Crippen LogP contribution in [0.15, 0.2) is 91.3 Å². The molecule has 0 aliphatic carbocycles. The number of carbonyl (C=O) groups excluding carboxylic acids is 2. The number of hydrogen-bond acceptors (Lipinski definition) is 16. The highest BCUT2D eigenvalue weighted by molar-refractivity contribution is 5.69. The Labute approximate surface area is 388 Å². The van der Waals surface area contributed by atoms with Crippen molar-refractivity contribution in [2.75, 3.05) is 66.3 Å². The average Bonchev–Trinajstić information content (AvgIpc) is 4.06. The van der Waals surface area contributed by atoms with Crippen molar-refractivity contribution in [2.24, 2.45) is 5.73 Å². The van der Waals surface area contributed by atoms with Gasteiger partial charge in [-0.1, -0.05) is 6.07 Å². The number of nitrogens with one attached hydrogen (secondary N) is 5. The van der Waals surface area contributed by atoms with Gasteiger partial charge in [0, 0.05) is 91.7 Å². The van der Waals surface area contributed by atoms with Gasteiger partial charge >= 0.3 is 12.2 Å². The zero-order chi connectivity index (χ0) is 47.3.